The second-order valence-corrected chi connectivity index (χ2v) is 3.91. The standard InChI is InChI=1S/C13H17N3O3/c1-16-13(18-3)14-12(15-16)10-4-6-11(7-5-10)19-9-8-17-2/h4-7H,8-9H2,1-3H3. The summed E-state index contributed by atoms with van der Waals surface area (Å²) in [5.74, 6) is 1.42. The molecule has 0 atom stereocenters. The highest BCUT2D eigenvalue weighted by Crippen LogP contribution is 2.21. The fourth-order valence-electron chi connectivity index (χ4n) is 1.61. The zero-order valence-electron chi connectivity index (χ0n) is 11.3. The van der Waals surface area contributed by atoms with Crippen molar-refractivity contribution in [1.82, 2.24) is 14.8 Å². The third-order valence-electron chi connectivity index (χ3n) is 2.57. The van der Waals surface area contributed by atoms with Gasteiger partial charge in [-0.3, -0.25) is 0 Å². The Morgan fingerprint density at radius 3 is 2.42 bits per heavy atom. The first-order chi connectivity index (χ1) is 9.24. The average molecular weight is 263 g/mol. The molecule has 6 heteroatoms. The molecule has 2 aromatic rings. The van der Waals surface area contributed by atoms with Gasteiger partial charge in [0.25, 0.3) is 0 Å². The highest BCUT2D eigenvalue weighted by molar-refractivity contribution is 5.56. The molecule has 19 heavy (non-hydrogen) atoms. The summed E-state index contributed by atoms with van der Waals surface area (Å²) in [6.07, 6.45) is 0. The predicted octanol–water partition coefficient (Wildman–Crippen LogP) is 1.52. The van der Waals surface area contributed by atoms with E-state index in [-0.39, 0.29) is 0 Å². The summed E-state index contributed by atoms with van der Waals surface area (Å²) in [4.78, 5) is 4.27. The minimum atomic E-state index is 0.482. The maximum Gasteiger partial charge on any atom is 0.314 e. The van der Waals surface area contributed by atoms with E-state index in [0.717, 1.165) is 11.3 Å². The molecule has 102 valence electrons. The molecule has 0 fully saturated rings. The second-order valence-electron chi connectivity index (χ2n) is 3.91. The third kappa shape index (κ3) is 3.23. The second kappa shape index (κ2) is 6.19. The van der Waals surface area contributed by atoms with Crippen LogP contribution in [-0.4, -0.2) is 42.2 Å². The minimum absolute atomic E-state index is 0.482. The first-order valence-corrected chi connectivity index (χ1v) is 5.92. The predicted molar refractivity (Wildman–Crippen MR) is 70.4 cm³/mol. The van der Waals surface area contributed by atoms with Crippen molar-refractivity contribution < 1.29 is 14.2 Å². The summed E-state index contributed by atoms with van der Waals surface area (Å²) >= 11 is 0. The molecular formula is C13H17N3O3. The average Bonchev–Trinajstić information content (AvgIpc) is 2.81. The molecule has 1 aromatic carbocycles. The number of aryl methyl sites for hydroxylation is 1. The van der Waals surface area contributed by atoms with Crippen LogP contribution in [0.3, 0.4) is 0 Å². The fourth-order valence-corrected chi connectivity index (χ4v) is 1.61. The molecular weight excluding hydrogens is 246 g/mol. The van der Waals surface area contributed by atoms with Gasteiger partial charge in [-0.15, -0.1) is 5.10 Å². The molecule has 2 rings (SSSR count). The molecule has 0 radical (unpaired) electrons. The number of methoxy groups -OCH3 is 2. The monoisotopic (exact) mass is 263 g/mol. The molecule has 1 aromatic heterocycles. The zero-order valence-corrected chi connectivity index (χ0v) is 11.3. The van der Waals surface area contributed by atoms with Gasteiger partial charge in [0.1, 0.15) is 12.4 Å². The Kier molecular flexibility index (Phi) is 4.35. The number of benzene rings is 1. The van der Waals surface area contributed by atoms with E-state index in [1.165, 1.54) is 0 Å². The summed E-state index contributed by atoms with van der Waals surface area (Å²) < 4.78 is 17.1. The van der Waals surface area contributed by atoms with Crippen molar-refractivity contribution in [2.45, 2.75) is 0 Å². The van der Waals surface area contributed by atoms with Gasteiger partial charge in [0.05, 0.1) is 13.7 Å². The summed E-state index contributed by atoms with van der Waals surface area (Å²) in [5.41, 5.74) is 0.915. The van der Waals surface area contributed by atoms with Crippen LogP contribution in [0.4, 0.5) is 0 Å². The normalized spacial score (nSPS) is 10.5. The number of nitrogens with zero attached hydrogens (tertiary/aromatic N) is 3. The lowest BCUT2D eigenvalue weighted by molar-refractivity contribution is 0.146. The van der Waals surface area contributed by atoms with Crippen LogP contribution in [0.5, 0.6) is 11.8 Å². The zero-order chi connectivity index (χ0) is 13.7. The number of hydrogen-bond donors (Lipinski definition) is 0. The van der Waals surface area contributed by atoms with Crippen LogP contribution >= 0.6 is 0 Å². The molecule has 0 aliphatic carbocycles. The first-order valence-electron chi connectivity index (χ1n) is 5.92. The van der Waals surface area contributed by atoms with Crippen LogP contribution in [0, 0.1) is 0 Å². The van der Waals surface area contributed by atoms with E-state index in [9.17, 15) is 0 Å². The lowest BCUT2D eigenvalue weighted by atomic mass is 10.2. The highest BCUT2D eigenvalue weighted by Gasteiger charge is 2.09. The molecule has 0 N–H and O–H groups in total. The van der Waals surface area contributed by atoms with Crippen LogP contribution in [0.2, 0.25) is 0 Å². The summed E-state index contributed by atoms with van der Waals surface area (Å²) in [6, 6.07) is 8.07. The van der Waals surface area contributed by atoms with Crippen molar-refractivity contribution in [3.05, 3.63) is 24.3 Å². The van der Waals surface area contributed by atoms with E-state index in [0.29, 0.717) is 25.0 Å². The molecule has 0 spiro atoms. The Balaban J connectivity index is 2.08. The van der Waals surface area contributed by atoms with Gasteiger partial charge in [-0.2, -0.15) is 4.98 Å². The number of rotatable bonds is 6. The van der Waals surface area contributed by atoms with Crippen LogP contribution in [0.25, 0.3) is 11.4 Å². The van der Waals surface area contributed by atoms with E-state index in [2.05, 4.69) is 10.1 Å². The summed E-state index contributed by atoms with van der Waals surface area (Å²) in [7, 11) is 5.00. The van der Waals surface area contributed by atoms with Crippen LogP contribution in [-0.2, 0) is 11.8 Å². The van der Waals surface area contributed by atoms with Gasteiger partial charge in [-0.25, -0.2) is 4.68 Å². The van der Waals surface area contributed by atoms with Gasteiger partial charge < -0.3 is 14.2 Å². The van der Waals surface area contributed by atoms with Gasteiger partial charge in [0.2, 0.25) is 0 Å². The van der Waals surface area contributed by atoms with Crippen molar-refractivity contribution in [3.8, 4) is 23.1 Å². The van der Waals surface area contributed by atoms with Gasteiger partial charge in [0.15, 0.2) is 5.82 Å². The molecule has 0 saturated carbocycles. The SMILES string of the molecule is COCCOc1ccc(-c2nc(OC)n(C)n2)cc1. The van der Waals surface area contributed by atoms with Gasteiger partial charge in [0, 0.05) is 19.7 Å². The number of hydrogen-bond acceptors (Lipinski definition) is 5. The molecule has 0 aliphatic rings. The maximum atomic E-state index is 5.49. The Hall–Kier alpha value is -2.08. The van der Waals surface area contributed by atoms with Gasteiger partial charge >= 0.3 is 6.01 Å². The van der Waals surface area contributed by atoms with E-state index in [4.69, 9.17) is 14.2 Å². The maximum absolute atomic E-state index is 5.49. The number of aromatic nitrogens is 3. The van der Waals surface area contributed by atoms with E-state index >= 15 is 0 Å². The topological polar surface area (TPSA) is 58.4 Å². The lowest BCUT2D eigenvalue weighted by Crippen LogP contribution is -2.03. The fraction of sp³-hybridized carbons (Fsp3) is 0.385. The lowest BCUT2D eigenvalue weighted by Gasteiger charge is -2.05. The largest absolute Gasteiger partial charge is 0.491 e. The van der Waals surface area contributed by atoms with Crippen LogP contribution in [0.15, 0.2) is 24.3 Å². The molecule has 1 heterocycles. The van der Waals surface area contributed by atoms with Crippen molar-refractivity contribution >= 4 is 0 Å². The third-order valence-corrected chi connectivity index (χ3v) is 2.57. The Bertz CT molecular complexity index is 522. The van der Waals surface area contributed by atoms with Crippen molar-refractivity contribution in [2.24, 2.45) is 7.05 Å². The number of ether oxygens (including phenoxy) is 3. The molecule has 0 aliphatic heterocycles. The van der Waals surface area contributed by atoms with E-state index in [1.807, 2.05) is 24.3 Å². The molecule has 6 nitrogen and oxygen atoms in total. The van der Waals surface area contributed by atoms with Gasteiger partial charge in [-0.1, -0.05) is 0 Å². The van der Waals surface area contributed by atoms with Crippen LogP contribution < -0.4 is 9.47 Å². The highest BCUT2D eigenvalue weighted by atomic mass is 16.5. The smallest absolute Gasteiger partial charge is 0.314 e. The molecule has 0 bridgehead atoms. The van der Waals surface area contributed by atoms with Crippen molar-refractivity contribution in [1.29, 1.82) is 0 Å². The first kappa shape index (κ1) is 13.4. The Morgan fingerprint density at radius 2 is 1.84 bits per heavy atom. The molecule has 0 unspecified atom stereocenters. The van der Waals surface area contributed by atoms with Crippen molar-refractivity contribution in [3.63, 3.8) is 0 Å². The van der Waals surface area contributed by atoms with Crippen molar-refractivity contribution in [2.75, 3.05) is 27.4 Å². The quantitative estimate of drug-likeness (QED) is 0.739. The minimum Gasteiger partial charge on any atom is -0.491 e. The Morgan fingerprint density at radius 1 is 1.11 bits per heavy atom. The Labute approximate surface area is 111 Å². The van der Waals surface area contributed by atoms with E-state index in [1.54, 1.807) is 25.9 Å². The molecule has 0 saturated heterocycles. The van der Waals surface area contributed by atoms with Gasteiger partial charge in [-0.05, 0) is 24.3 Å². The summed E-state index contributed by atoms with van der Waals surface area (Å²) in [5, 5.41) is 4.28. The van der Waals surface area contributed by atoms with Crippen LogP contribution in [0.1, 0.15) is 0 Å². The summed E-state index contributed by atoms with van der Waals surface area (Å²) in [6.45, 7) is 1.10. The molecule has 0 amide bonds. The van der Waals surface area contributed by atoms with E-state index < -0.39 is 0 Å².